The number of aliphatic hydroxyl groups is 1. The summed E-state index contributed by atoms with van der Waals surface area (Å²) < 4.78 is 5.34. The smallest absolute Gasteiger partial charge is 0.222 e. The fourth-order valence-corrected chi connectivity index (χ4v) is 2.78. The van der Waals surface area contributed by atoms with Crippen LogP contribution in [0.15, 0.2) is 24.3 Å². The molecule has 0 radical (unpaired) electrons. The largest absolute Gasteiger partial charge is 0.390 e. The molecule has 1 aliphatic heterocycles. The zero-order valence-electron chi connectivity index (χ0n) is 14.1. The molecule has 2 N–H and O–H groups in total. The van der Waals surface area contributed by atoms with Crippen LogP contribution in [0.3, 0.4) is 0 Å². The van der Waals surface area contributed by atoms with Crippen molar-refractivity contribution in [3.8, 4) is 0 Å². The van der Waals surface area contributed by atoms with Crippen molar-refractivity contribution in [1.82, 2.24) is 10.2 Å². The van der Waals surface area contributed by atoms with E-state index in [0.717, 1.165) is 19.5 Å². The van der Waals surface area contributed by atoms with Gasteiger partial charge in [-0.1, -0.05) is 24.3 Å². The third-order valence-corrected chi connectivity index (χ3v) is 3.99. The maximum absolute atomic E-state index is 11.7. The highest BCUT2D eigenvalue weighted by molar-refractivity contribution is 5.75. The number of carbonyl (C=O) groups is 1. The van der Waals surface area contributed by atoms with Gasteiger partial charge in [-0.25, -0.2) is 0 Å². The Hall–Kier alpha value is -1.43. The lowest BCUT2D eigenvalue weighted by Crippen LogP contribution is -2.42. The quantitative estimate of drug-likeness (QED) is 0.759. The number of aliphatic hydroxyl groups excluding tert-OH is 1. The van der Waals surface area contributed by atoms with Crippen LogP contribution in [0.5, 0.6) is 0 Å². The van der Waals surface area contributed by atoms with E-state index in [0.29, 0.717) is 26.1 Å². The van der Waals surface area contributed by atoms with Crippen LogP contribution in [-0.2, 0) is 22.5 Å². The Bertz CT molecular complexity index is 505. The number of nitrogens with one attached hydrogen (secondary N) is 1. The van der Waals surface area contributed by atoms with Crippen LogP contribution in [0.4, 0.5) is 0 Å². The van der Waals surface area contributed by atoms with Gasteiger partial charge in [-0.15, -0.1) is 0 Å². The molecule has 0 aliphatic carbocycles. The first kappa shape index (κ1) is 17.9. The minimum atomic E-state index is -0.546. The number of hydrogen-bond donors (Lipinski definition) is 2. The number of hydrogen-bond acceptors (Lipinski definition) is 4. The van der Waals surface area contributed by atoms with E-state index in [9.17, 15) is 9.90 Å². The highest BCUT2D eigenvalue weighted by atomic mass is 16.5. The molecule has 1 atom stereocenters. The molecule has 0 bridgehead atoms. The van der Waals surface area contributed by atoms with Crippen LogP contribution in [0.2, 0.25) is 0 Å². The average Bonchev–Trinajstić information content (AvgIpc) is 2.52. The summed E-state index contributed by atoms with van der Waals surface area (Å²) in [6.07, 6.45) is 0.939. The van der Waals surface area contributed by atoms with E-state index in [1.807, 2.05) is 13.8 Å². The Kier molecular flexibility index (Phi) is 7.02. The maximum atomic E-state index is 11.7. The maximum Gasteiger partial charge on any atom is 0.222 e. The van der Waals surface area contributed by atoms with Gasteiger partial charge in [0, 0.05) is 32.6 Å². The number of amides is 1. The Morgan fingerprint density at radius 2 is 2.09 bits per heavy atom. The average molecular weight is 320 g/mol. The summed E-state index contributed by atoms with van der Waals surface area (Å²) in [7, 11) is 0. The molecule has 2 rings (SSSR count). The first-order chi connectivity index (χ1) is 11.0. The van der Waals surface area contributed by atoms with Crippen LogP contribution in [-0.4, -0.2) is 54.4 Å². The van der Waals surface area contributed by atoms with Gasteiger partial charge in [0.1, 0.15) is 0 Å². The number of ether oxygens (including phenoxy) is 1. The summed E-state index contributed by atoms with van der Waals surface area (Å²) in [5.74, 6) is -0.0753. The molecule has 0 fully saturated rings. The van der Waals surface area contributed by atoms with Gasteiger partial charge in [0.15, 0.2) is 0 Å². The summed E-state index contributed by atoms with van der Waals surface area (Å²) in [5.41, 5.74) is 2.73. The van der Waals surface area contributed by atoms with E-state index in [4.69, 9.17) is 4.74 Å². The molecule has 0 spiro atoms. The van der Waals surface area contributed by atoms with Gasteiger partial charge in [0.2, 0.25) is 5.91 Å². The summed E-state index contributed by atoms with van der Waals surface area (Å²) in [6, 6.07) is 8.44. The molecular weight excluding hydrogens is 292 g/mol. The first-order valence-electron chi connectivity index (χ1n) is 8.40. The summed E-state index contributed by atoms with van der Waals surface area (Å²) >= 11 is 0. The van der Waals surface area contributed by atoms with Gasteiger partial charge in [-0.2, -0.15) is 0 Å². The summed E-state index contributed by atoms with van der Waals surface area (Å²) in [5, 5.41) is 12.9. The Morgan fingerprint density at radius 1 is 1.35 bits per heavy atom. The van der Waals surface area contributed by atoms with Gasteiger partial charge >= 0.3 is 0 Å². The molecule has 1 aliphatic rings. The number of β-amino-alcohol motifs (C(OH)–C–C–N with tert-alkyl or cyclic N) is 1. The monoisotopic (exact) mass is 320 g/mol. The van der Waals surface area contributed by atoms with Crippen molar-refractivity contribution in [2.24, 2.45) is 0 Å². The van der Waals surface area contributed by atoms with E-state index >= 15 is 0 Å². The standard InChI is InChI=1S/C18H28N2O3/c1-14(2)23-10-8-18(22)19-11-17(21)13-20-9-7-15-5-3-4-6-16(15)12-20/h3-6,14,17,21H,7-13H2,1-2H3,(H,19,22). The molecule has 0 aromatic heterocycles. The first-order valence-corrected chi connectivity index (χ1v) is 8.40. The number of carbonyl (C=O) groups excluding carboxylic acids is 1. The lowest BCUT2D eigenvalue weighted by molar-refractivity contribution is -0.123. The molecule has 1 heterocycles. The summed E-state index contributed by atoms with van der Waals surface area (Å²) in [4.78, 5) is 13.9. The predicted octanol–water partition coefficient (Wildman–Crippen LogP) is 1.34. The molecule has 5 heteroatoms. The minimum Gasteiger partial charge on any atom is -0.390 e. The molecule has 128 valence electrons. The molecule has 1 unspecified atom stereocenters. The number of fused-ring (bicyclic) bond motifs is 1. The van der Waals surface area contributed by atoms with Gasteiger partial charge in [0.25, 0.3) is 0 Å². The minimum absolute atomic E-state index is 0.0753. The predicted molar refractivity (Wildman–Crippen MR) is 90.1 cm³/mol. The molecule has 23 heavy (non-hydrogen) atoms. The van der Waals surface area contributed by atoms with Crippen molar-refractivity contribution in [1.29, 1.82) is 0 Å². The molecule has 5 nitrogen and oxygen atoms in total. The number of rotatable bonds is 8. The topological polar surface area (TPSA) is 61.8 Å². The lowest BCUT2D eigenvalue weighted by Gasteiger charge is -2.30. The summed E-state index contributed by atoms with van der Waals surface area (Å²) in [6.45, 7) is 6.99. The Morgan fingerprint density at radius 3 is 2.83 bits per heavy atom. The van der Waals surface area contributed by atoms with Crippen LogP contribution in [0.25, 0.3) is 0 Å². The van der Waals surface area contributed by atoms with E-state index in [2.05, 4.69) is 34.5 Å². The van der Waals surface area contributed by atoms with Crippen molar-refractivity contribution >= 4 is 5.91 Å². The van der Waals surface area contributed by atoms with E-state index in [1.54, 1.807) is 0 Å². The molecule has 0 saturated carbocycles. The Labute approximate surface area is 138 Å². The molecule has 1 aromatic rings. The zero-order valence-corrected chi connectivity index (χ0v) is 14.1. The number of benzene rings is 1. The lowest BCUT2D eigenvalue weighted by atomic mass is 10.00. The third-order valence-electron chi connectivity index (χ3n) is 3.99. The normalized spacial score (nSPS) is 16.2. The zero-order chi connectivity index (χ0) is 16.7. The van der Waals surface area contributed by atoms with Gasteiger partial charge in [0.05, 0.1) is 18.8 Å². The van der Waals surface area contributed by atoms with Gasteiger partial charge in [-0.05, 0) is 31.4 Å². The fraction of sp³-hybridized carbons (Fsp3) is 0.611. The second kappa shape index (κ2) is 9.01. The highest BCUT2D eigenvalue weighted by Gasteiger charge is 2.18. The molecular formula is C18H28N2O3. The molecule has 1 amide bonds. The number of nitrogens with zero attached hydrogens (tertiary/aromatic N) is 1. The van der Waals surface area contributed by atoms with E-state index < -0.39 is 6.10 Å². The van der Waals surface area contributed by atoms with Gasteiger partial charge < -0.3 is 15.2 Å². The third kappa shape index (κ3) is 6.29. The van der Waals surface area contributed by atoms with Crippen LogP contribution in [0, 0.1) is 0 Å². The van der Waals surface area contributed by atoms with Crippen molar-refractivity contribution < 1.29 is 14.6 Å². The van der Waals surface area contributed by atoms with Crippen molar-refractivity contribution in [3.63, 3.8) is 0 Å². The van der Waals surface area contributed by atoms with Crippen LogP contribution < -0.4 is 5.32 Å². The van der Waals surface area contributed by atoms with Crippen molar-refractivity contribution in [2.75, 3.05) is 26.2 Å². The van der Waals surface area contributed by atoms with Gasteiger partial charge in [-0.3, -0.25) is 9.69 Å². The fourth-order valence-electron chi connectivity index (χ4n) is 2.78. The van der Waals surface area contributed by atoms with Crippen LogP contribution in [0.1, 0.15) is 31.4 Å². The molecule has 1 aromatic carbocycles. The van der Waals surface area contributed by atoms with Crippen molar-refractivity contribution in [2.45, 2.75) is 45.4 Å². The van der Waals surface area contributed by atoms with Crippen LogP contribution >= 0.6 is 0 Å². The second-order valence-corrected chi connectivity index (χ2v) is 6.38. The van der Waals surface area contributed by atoms with Crippen molar-refractivity contribution in [3.05, 3.63) is 35.4 Å². The SMILES string of the molecule is CC(C)OCCC(=O)NCC(O)CN1CCc2ccccc2C1. The highest BCUT2D eigenvalue weighted by Crippen LogP contribution is 2.18. The second-order valence-electron chi connectivity index (χ2n) is 6.38. The molecule has 0 saturated heterocycles. The van der Waals surface area contributed by atoms with E-state index in [-0.39, 0.29) is 12.0 Å². The Balaban J connectivity index is 1.65. The van der Waals surface area contributed by atoms with E-state index in [1.165, 1.54) is 11.1 Å².